The van der Waals surface area contributed by atoms with Crippen LogP contribution in [0.3, 0.4) is 0 Å². The molecule has 0 saturated heterocycles. The summed E-state index contributed by atoms with van der Waals surface area (Å²) in [7, 11) is 1.68. The number of ether oxygens (including phenoxy) is 1. The monoisotopic (exact) mass is 357 g/mol. The van der Waals surface area contributed by atoms with Crippen LogP contribution in [-0.2, 0) is 6.54 Å². The second kappa shape index (κ2) is 7.96. The van der Waals surface area contributed by atoms with Crippen molar-refractivity contribution < 1.29 is 4.74 Å². The van der Waals surface area contributed by atoms with Gasteiger partial charge < -0.3 is 15.4 Å². The van der Waals surface area contributed by atoms with E-state index in [4.69, 9.17) is 9.73 Å². The zero-order valence-corrected chi connectivity index (χ0v) is 15.3. The second-order valence-corrected chi connectivity index (χ2v) is 6.57. The first-order chi connectivity index (χ1) is 13.3. The minimum atomic E-state index is 0.0430. The van der Waals surface area contributed by atoms with Gasteiger partial charge in [-0.05, 0) is 28.8 Å². The highest BCUT2D eigenvalue weighted by atomic mass is 16.5. The van der Waals surface area contributed by atoms with Crippen LogP contribution < -0.4 is 15.4 Å². The summed E-state index contributed by atoms with van der Waals surface area (Å²) in [6.07, 6.45) is 0. The number of nitrogens with one attached hydrogen (secondary N) is 2. The van der Waals surface area contributed by atoms with Crippen LogP contribution in [0.5, 0.6) is 5.75 Å². The predicted octanol–water partition coefficient (Wildman–Crippen LogP) is 4.23. The van der Waals surface area contributed by atoms with Gasteiger partial charge in [0.25, 0.3) is 0 Å². The molecule has 27 heavy (non-hydrogen) atoms. The molecule has 0 amide bonds. The summed E-state index contributed by atoms with van der Waals surface area (Å²) in [4.78, 5) is 4.94. The van der Waals surface area contributed by atoms with Crippen molar-refractivity contribution in [1.82, 2.24) is 10.6 Å². The maximum atomic E-state index is 5.30. The van der Waals surface area contributed by atoms with E-state index >= 15 is 0 Å². The van der Waals surface area contributed by atoms with Crippen LogP contribution in [-0.4, -0.2) is 13.1 Å². The molecule has 0 unspecified atom stereocenters. The summed E-state index contributed by atoms with van der Waals surface area (Å²) < 4.78 is 5.30. The summed E-state index contributed by atoms with van der Waals surface area (Å²) in [6.45, 7) is 0.687. The molecule has 0 aliphatic carbocycles. The van der Waals surface area contributed by atoms with E-state index in [0.29, 0.717) is 6.54 Å². The van der Waals surface area contributed by atoms with Crippen LogP contribution in [0, 0.1) is 0 Å². The van der Waals surface area contributed by atoms with Gasteiger partial charge in [0.05, 0.1) is 13.2 Å². The fourth-order valence-electron chi connectivity index (χ4n) is 3.39. The number of rotatable bonds is 5. The summed E-state index contributed by atoms with van der Waals surface area (Å²) in [5.74, 6) is 1.68. The lowest BCUT2D eigenvalue weighted by Crippen LogP contribution is -2.35. The molecule has 1 aliphatic rings. The van der Waals surface area contributed by atoms with E-state index in [1.165, 1.54) is 11.1 Å². The fraction of sp³-hybridized carbons (Fsp3) is 0.174. The van der Waals surface area contributed by atoms with Gasteiger partial charge >= 0.3 is 0 Å². The van der Waals surface area contributed by atoms with E-state index in [1.54, 1.807) is 7.11 Å². The maximum absolute atomic E-state index is 5.30. The van der Waals surface area contributed by atoms with Crippen LogP contribution in [0.15, 0.2) is 89.9 Å². The smallest absolute Gasteiger partial charge is 0.192 e. The maximum Gasteiger partial charge on any atom is 0.192 e. The van der Waals surface area contributed by atoms with Crippen molar-refractivity contribution in [2.45, 2.75) is 18.6 Å². The van der Waals surface area contributed by atoms with E-state index < -0.39 is 0 Å². The fourth-order valence-corrected chi connectivity index (χ4v) is 3.39. The minimum absolute atomic E-state index is 0.0430. The Balaban J connectivity index is 1.54. The Morgan fingerprint density at radius 3 is 2.30 bits per heavy atom. The Morgan fingerprint density at radius 2 is 1.59 bits per heavy atom. The van der Waals surface area contributed by atoms with E-state index in [9.17, 15) is 0 Å². The van der Waals surface area contributed by atoms with Crippen LogP contribution >= 0.6 is 0 Å². The molecule has 0 spiro atoms. The van der Waals surface area contributed by atoms with E-state index in [1.807, 2.05) is 30.3 Å². The number of aliphatic imine (C=N–C) groups is 1. The molecule has 3 aromatic rings. The lowest BCUT2D eigenvalue weighted by Gasteiger charge is -2.19. The molecule has 1 aliphatic heterocycles. The summed E-state index contributed by atoms with van der Waals surface area (Å²) in [5, 5.41) is 6.99. The molecule has 2 atom stereocenters. The average molecular weight is 357 g/mol. The first kappa shape index (κ1) is 17.2. The molecule has 4 nitrogen and oxygen atoms in total. The van der Waals surface area contributed by atoms with Crippen molar-refractivity contribution in [3.63, 3.8) is 0 Å². The highest BCUT2D eigenvalue weighted by Gasteiger charge is 2.31. The van der Waals surface area contributed by atoms with E-state index in [2.05, 4.69) is 65.2 Å². The summed E-state index contributed by atoms with van der Waals surface area (Å²) >= 11 is 0. The van der Waals surface area contributed by atoms with E-state index in [-0.39, 0.29) is 12.1 Å². The van der Waals surface area contributed by atoms with Crippen molar-refractivity contribution in [1.29, 1.82) is 0 Å². The van der Waals surface area contributed by atoms with Gasteiger partial charge in [0.15, 0.2) is 5.96 Å². The Kier molecular flexibility index (Phi) is 5.06. The van der Waals surface area contributed by atoms with Crippen molar-refractivity contribution in [2.24, 2.45) is 4.99 Å². The molecule has 0 aromatic heterocycles. The number of benzene rings is 3. The van der Waals surface area contributed by atoms with Gasteiger partial charge in [-0.1, -0.05) is 72.8 Å². The third-order valence-electron chi connectivity index (χ3n) is 4.77. The van der Waals surface area contributed by atoms with Crippen LogP contribution in [0.4, 0.5) is 0 Å². The van der Waals surface area contributed by atoms with Crippen LogP contribution in [0.1, 0.15) is 28.8 Å². The highest BCUT2D eigenvalue weighted by molar-refractivity contribution is 5.82. The van der Waals surface area contributed by atoms with Gasteiger partial charge in [0.1, 0.15) is 11.8 Å². The summed E-state index contributed by atoms with van der Waals surface area (Å²) in [5.41, 5.74) is 3.59. The lowest BCUT2D eigenvalue weighted by atomic mass is 9.95. The van der Waals surface area contributed by atoms with Crippen molar-refractivity contribution >= 4 is 5.96 Å². The molecule has 0 saturated carbocycles. The zero-order chi connectivity index (χ0) is 18.5. The average Bonchev–Trinajstić information content (AvgIpc) is 3.18. The Bertz CT molecular complexity index is 909. The molecule has 0 radical (unpaired) electrons. The van der Waals surface area contributed by atoms with Crippen molar-refractivity contribution in [3.05, 3.63) is 102 Å². The third kappa shape index (κ3) is 3.95. The van der Waals surface area contributed by atoms with Crippen molar-refractivity contribution in [3.8, 4) is 5.75 Å². The number of methoxy groups -OCH3 is 1. The Labute approximate surface area is 159 Å². The predicted molar refractivity (Wildman–Crippen MR) is 109 cm³/mol. The molecule has 4 heteroatoms. The number of nitrogens with zero attached hydrogens (tertiary/aromatic N) is 1. The minimum Gasteiger partial charge on any atom is -0.497 e. The normalized spacial score (nSPS) is 18.5. The Morgan fingerprint density at radius 1 is 0.889 bits per heavy atom. The molecular weight excluding hydrogens is 334 g/mol. The van der Waals surface area contributed by atoms with Gasteiger partial charge in [-0.15, -0.1) is 0 Å². The largest absolute Gasteiger partial charge is 0.497 e. The topological polar surface area (TPSA) is 45.6 Å². The first-order valence-corrected chi connectivity index (χ1v) is 9.14. The Hall–Kier alpha value is -3.27. The first-order valence-electron chi connectivity index (χ1n) is 9.14. The quantitative estimate of drug-likeness (QED) is 0.718. The molecular formula is C23H23N3O. The van der Waals surface area contributed by atoms with Gasteiger partial charge in [0.2, 0.25) is 0 Å². The summed E-state index contributed by atoms with van der Waals surface area (Å²) in [6, 6.07) is 29.1. The van der Waals surface area contributed by atoms with E-state index in [0.717, 1.165) is 17.3 Å². The van der Waals surface area contributed by atoms with Crippen molar-refractivity contribution in [2.75, 3.05) is 7.11 Å². The molecule has 136 valence electrons. The molecule has 0 fully saturated rings. The van der Waals surface area contributed by atoms with Gasteiger partial charge in [-0.25, -0.2) is 4.99 Å². The zero-order valence-electron chi connectivity index (χ0n) is 15.3. The molecule has 3 aromatic carbocycles. The third-order valence-corrected chi connectivity index (χ3v) is 4.77. The van der Waals surface area contributed by atoms with Gasteiger partial charge in [-0.3, -0.25) is 0 Å². The molecule has 1 heterocycles. The van der Waals surface area contributed by atoms with Gasteiger partial charge in [0, 0.05) is 6.54 Å². The van der Waals surface area contributed by atoms with Gasteiger partial charge in [-0.2, -0.15) is 0 Å². The van der Waals surface area contributed by atoms with Crippen LogP contribution in [0.25, 0.3) is 0 Å². The SMILES string of the molecule is COc1cccc(CNC2=N[C@@H](c3ccccc3)[C@H](c3ccccc3)N2)c1. The molecule has 0 bridgehead atoms. The number of guanidine groups is 1. The number of hydrogen-bond acceptors (Lipinski definition) is 4. The molecule has 2 N–H and O–H groups in total. The highest BCUT2D eigenvalue weighted by Crippen LogP contribution is 2.35. The number of hydrogen-bond donors (Lipinski definition) is 2. The van der Waals surface area contributed by atoms with Crippen LogP contribution in [0.2, 0.25) is 0 Å². The lowest BCUT2D eigenvalue weighted by molar-refractivity contribution is 0.414. The standard InChI is InChI=1S/C23H23N3O/c1-27-20-14-8-9-17(15-20)16-24-23-25-21(18-10-4-2-5-11-18)22(26-23)19-12-6-3-7-13-19/h2-15,21-22H,16H2,1H3,(H2,24,25,26)/t21-,22-/m0/s1. The second-order valence-electron chi connectivity index (χ2n) is 6.57. The molecule has 4 rings (SSSR count).